The zero-order valence-corrected chi connectivity index (χ0v) is 10.1. The molecule has 0 aliphatic rings. The molecule has 0 saturated heterocycles. The van der Waals surface area contributed by atoms with Crippen LogP contribution >= 0.6 is 0 Å². The summed E-state index contributed by atoms with van der Waals surface area (Å²) in [6.07, 6.45) is 1.63. The standard InChI is InChI=1S/C14H12N2O3/c17-13(18)7-8-16-11-5-2-1-4-10(11)15-14(16)12-6-3-9-19-12/h1-6,9H,7-8H2,(H,17,18). The van der Waals surface area contributed by atoms with Crippen molar-refractivity contribution in [2.24, 2.45) is 0 Å². The molecule has 0 spiro atoms. The van der Waals surface area contributed by atoms with Gasteiger partial charge >= 0.3 is 5.97 Å². The molecule has 0 aliphatic carbocycles. The summed E-state index contributed by atoms with van der Waals surface area (Å²) in [5.41, 5.74) is 1.74. The van der Waals surface area contributed by atoms with Crippen molar-refractivity contribution in [2.75, 3.05) is 0 Å². The molecule has 2 heterocycles. The highest BCUT2D eigenvalue weighted by molar-refractivity contribution is 5.80. The smallest absolute Gasteiger partial charge is 0.305 e. The number of carboxylic acids is 1. The summed E-state index contributed by atoms with van der Waals surface area (Å²) in [6.45, 7) is 0.367. The fraction of sp³-hybridized carbons (Fsp3) is 0.143. The van der Waals surface area contributed by atoms with E-state index in [0.717, 1.165) is 11.0 Å². The van der Waals surface area contributed by atoms with E-state index in [2.05, 4.69) is 4.98 Å². The molecule has 0 unspecified atom stereocenters. The number of benzene rings is 1. The molecule has 0 saturated carbocycles. The summed E-state index contributed by atoms with van der Waals surface area (Å²) >= 11 is 0. The predicted molar refractivity (Wildman–Crippen MR) is 69.7 cm³/mol. The van der Waals surface area contributed by atoms with Crippen molar-refractivity contribution in [1.29, 1.82) is 0 Å². The Morgan fingerprint density at radius 3 is 2.84 bits per heavy atom. The fourth-order valence-corrected chi connectivity index (χ4v) is 2.10. The molecule has 1 N–H and O–H groups in total. The predicted octanol–water partition coefficient (Wildman–Crippen LogP) is 2.77. The van der Waals surface area contributed by atoms with E-state index in [1.165, 1.54) is 0 Å². The molecule has 5 nitrogen and oxygen atoms in total. The molecule has 1 aromatic carbocycles. The van der Waals surface area contributed by atoms with Gasteiger partial charge in [-0.3, -0.25) is 4.79 Å². The van der Waals surface area contributed by atoms with Gasteiger partial charge in [0.15, 0.2) is 11.6 Å². The van der Waals surface area contributed by atoms with Gasteiger partial charge in [-0.2, -0.15) is 0 Å². The van der Waals surface area contributed by atoms with E-state index in [4.69, 9.17) is 9.52 Å². The van der Waals surface area contributed by atoms with Gasteiger partial charge in [-0.25, -0.2) is 4.98 Å². The topological polar surface area (TPSA) is 68.3 Å². The summed E-state index contributed by atoms with van der Waals surface area (Å²) in [6, 6.07) is 11.3. The number of imidazole rings is 1. The number of furan rings is 1. The molecule has 96 valence electrons. The number of hydrogen-bond donors (Lipinski definition) is 1. The van der Waals surface area contributed by atoms with E-state index >= 15 is 0 Å². The maximum Gasteiger partial charge on any atom is 0.305 e. The van der Waals surface area contributed by atoms with Crippen LogP contribution in [0.4, 0.5) is 0 Å². The maximum absolute atomic E-state index is 10.8. The average molecular weight is 256 g/mol. The largest absolute Gasteiger partial charge is 0.481 e. The van der Waals surface area contributed by atoms with Crippen molar-refractivity contribution in [3.63, 3.8) is 0 Å². The number of nitrogens with zero attached hydrogens (tertiary/aromatic N) is 2. The monoisotopic (exact) mass is 256 g/mol. The second kappa shape index (κ2) is 4.61. The van der Waals surface area contributed by atoms with Gasteiger partial charge in [0.2, 0.25) is 0 Å². The molecule has 19 heavy (non-hydrogen) atoms. The molecule has 0 aliphatic heterocycles. The normalized spacial score (nSPS) is 10.9. The van der Waals surface area contributed by atoms with Gasteiger partial charge in [-0.1, -0.05) is 12.1 Å². The first-order valence-electron chi connectivity index (χ1n) is 5.96. The van der Waals surface area contributed by atoms with Crippen LogP contribution in [0.25, 0.3) is 22.6 Å². The van der Waals surface area contributed by atoms with Crippen molar-refractivity contribution >= 4 is 17.0 Å². The Morgan fingerprint density at radius 2 is 2.11 bits per heavy atom. The van der Waals surface area contributed by atoms with Crippen molar-refractivity contribution in [1.82, 2.24) is 9.55 Å². The third-order valence-corrected chi connectivity index (χ3v) is 2.95. The van der Waals surface area contributed by atoms with Gasteiger partial charge in [0.1, 0.15) is 0 Å². The SMILES string of the molecule is O=C(O)CCn1c(-c2ccco2)nc2ccccc21. The van der Waals surface area contributed by atoms with Gasteiger partial charge in [-0.15, -0.1) is 0 Å². The summed E-state index contributed by atoms with van der Waals surface area (Å²) in [7, 11) is 0. The van der Waals surface area contributed by atoms with Crippen LogP contribution in [0.1, 0.15) is 6.42 Å². The van der Waals surface area contributed by atoms with Crippen molar-refractivity contribution in [2.45, 2.75) is 13.0 Å². The summed E-state index contributed by atoms with van der Waals surface area (Å²) < 4.78 is 7.24. The lowest BCUT2D eigenvalue weighted by atomic mass is 10.3. The van der Waals surface area contributed by atoms with Gasteiger partial charge < -0.3 is 14.1 Å². The summed E-state index contributed by atoms with van der Waals surface area (Å²) in [4.78, 5) is 15.3. The number of carbonyl (C=O) groups is 1. The van der Waals surface area contributed by atoms with Crippen LogP contribution in [0, 0.1) is 0 Å². The zero-order chi connectivity index (χ0) is 13.2. The van der Waals surface area contributed by atoms with Crippen LogP contribution in [0.3, 0.4) is 0 Å². The Bertz CT molecular complexity index is 713. The first kappa shape index (κ1) is 11.5. The number of aromatic nitrogens is 2. The Balaban J connectivity index is 2.14. The van der Waals surface area contributed by atoms with Crippen LogP contribution in [-0.2, 0) is 11.3 Å². The highest BCUT2D eigenvalue weighted by Gasteiger charge is 2.14. The third kappa shape index (κ3) is 2.10. The van der Waals surface area contributed by atoms with Gasteiger partial charge in [0.25, 0.3) is 0 Å². The number of fused-ring (bicyclic) bond motifs is 1. The van der Waals surface area contributed by atoms with Crippen LogP contribution in [0.2, 0.25) is 0 Å². The van der Waals surface area contributed by atoms with Gasteiger partial charge in [0.05, 0.1) is 23.7 Å². The zero-order valence-electron chi connectivity index (χ0n) is 10.1. The van der Waals surface area contributed by atoms with Crippen molar-refractivity contribution in [3.05, 3.63) is 42.7 Å². The lowest BCUT2D eigenvalue weighted by Gasteiger charge is -2.05. The third-order valence-electron chi connectivity index (χ3n) is 2.95. The van der Waals surface area contributed by atoms with Crippen LogP contribution < -0.4 is 0 Å². The molecule has 3 aromatic rings. The van der Waals surface area contributed by atoms with Crippen molar-refractivity contribution < 1.29 is 14.3 Å². The van der Waals surface area contributed by atoms with E-state index in [1.54, 1.807) is 12.3 Å². The molecule has 0 radical (unpaired) electrons. The maximum atomic E-state index is 10.8. The molecule has 3 rings (SSSR count). The van der Waals surface area contributed by atoms with Gasteiger partial charge in [0, 0.05) is 6.54 Å². The Kier molecular flexibility index (Phi) is 2.79. The van der Waals surface area contributed by atoms with Crippen LogP contribution in [0.5, 0.6) is 0 Å². The second-order valence-corrected chi connectivity index (χ2v) is 4.20. The van der Waals surface area contributed by atoms with E-state index in [0.29, 0.717) is 18.1 Å². The van der Waals surface area contributed by atoms with E-state index in [1.807, 2.05) is 34.9 Å². The van der Waals surface area contributed by atoms with E-state index in [-0.39, 0.29) is 6.42 Å². The molecule has 0 fully saturated rings. The Hall–Kier alpha value is -2.56. The highest BCUT2D eigenvalue weighted by atomic mass is 16.4. The Morgan fingerprint density at radius 1 is 1.26 bits per heavy atom. The van der Waals surface area contributed by atoms with Crippen LogP contribution in [0.15, 0.2) is 47.1 Å². The number of para-hydroxylation sites is 2. The minimum atomic E-state index is -0.830. The number of hydrogen-bond acceptors (Lipinski definition) is 3. The summed E-state index contributed by atoms with van der Waals surface area (Å²) in [5, 5.41) is 8.85. The van der Waals surface area contributed by atoms with E-state index < -0.39 is 5.97 Å². The quantitative estimate of drug-likeness (QED) is 0.779. The van der Waals surface area contributed by atoms with Gasteiger partial charge in [-0.05, 0) is 24.3 Å². The number of carboxylic acid groups (broad SMARTS) is 1. The number of rotatable bonds is 4. The number of aliphatic carboxylic acids is 1. The first-order valence-corrected chi connectivity index (χ1v) is 5.96. The molecular weight excluding hydrogens is 244 g/mol. The second-order valence-electron chi connectivity index (χ2n) is 4.20. The summed E-state index contributed by atoms with van der Waals surface area (Å²) in [5.74, 6) is 0.470. The van der Waals surface area contributed by atoms with E-state index in [9.17, 15) is 4.79 Å². The van der Waals surface area contributed by atoms with Crippen molar-refractivity contribution in [3.8, 4) is 11.6 Å². The lowest BCUT2D eigenvalue weighted by molar-refractivity contribution is -0.137. The Labute approximate surface area is 109 Å². The number of aryl methyl sites for hydroxylation is 1. The average Bonchev–Trinajstić information content (AvgIpc) is 3.03. The molecule has 0 atom stereocenters. The molecule has 0 bridgehead atoms. The minimum absolute atomic E-state index is 0.0497. The van der Waals surface area contributed by atoms with Crippen LogP contribution in [-0.4, -0.2) is 20.6 Å². The highest BCUT2D eigenvalue weighted by Crippen LogP contribution is 2.25. The first-order chi connectivity index (χ1) is 9.25. The molecule has 0 amide bonds. The molecular formula is C14H12N2O3. The molecule has 5 heteroatoms. The minimum Gasteiger partial charge on any atom is -0.481 e. The lowest BCUT2D eigenvalue weighted by Crippen LogP contribution is -2.05. The fourth-order valence-electron chi connectivity index (χ4n) is 2.10. The molecule has 2 aromatic heterocycles.